The van der Waals surface area contributed by atoms with Gasteiger partial charge in [0.25, 0.3) is 0 Å². The summed E-state index contributed by atoms with van der Waals surface area (Å²) in [6.45, 7) is -0.642. The number of hydrogen-bond acceptors (Lipinski definition) is 7. The van der Waals surface area contributed by atoms with Gasteiger partial charge in [0.1, 0.15) is 23.0 Å². The van der Waals surface area contributed by atoms with Crippen LogP contribution in [-0.2, 0) is 13.8 Å². The van der Waals surface area contributed by atoms with Crippen LogP contribution in [0.15, 0.2) is 17.1 Å². The zero-order chi connectivity index (χ0) is 15.8. The Morgan fingerprint density at radius 2 is 2.05 bits per heavy atom. The van der Waals surface area contributed by atoms with Gasteiger partial charge in [-0.3, -0.25) is 14.1 Å². The van der Waals surface area contributed by atoms with Crippen LogP contribution in [0.25, 0.3) is 0 Å². The fourth-order valence-electron chi connectivity index (χ4n) is 1.89. The molecule has 1 aliphatic heterocycles. The summed E-state index contributed by atoms with van der Waals surface area (Å²) < 4.78 is 21.2. The zero-order valence-corrected chi connectivity index (χ0v) is 12.1. The van der Waals surface area contributed by atoms with Crippen LogP contribution < -0.4 is 5.69 Å². The second-order valence-electron chi connectivity index (χ2n) is 4.35. The van der Waals surface area contributed by atoms with E-state index >= 15 is 0 Å². The second kappa shape index (κ2) is 7.77. The molecular weight excluding hydrogens is 350 g/mol. The Morgan fingerprint density at radius 3 is 2.59 bits per heavy atom. The first-order valence-corrected chi connectivity index (χ1v) is 7.66. The number of hydrogen-bond donors (Lipinski definition) is 5. The number of phosphoric acid groups is 1. The third-order valence-electron chi connectivity index (χ3n) is 2.87. The molecule has 0 radical (unpaired) electrons. The molecule has 2 unspecified atom stereocenters. The van der Waals surface area contributed by atoms with E-state index in [0.29, 0.717) is 0 Å². The average Bonchev–Trinajstić information content (AvgIpc) is 2.64. The molecule has 0 amide bonds. The van der Waals surface area contributed by atoms with Gasteiger partial charge in [0.05, 0.1) is 6.61 Å². The van der Waals surface area contributed by atoms with Gasteiger partial charge in [-0.05, 0) is 6.07 Å². The Balaban J connectivity index is 0.00000242. The molecule has 1 aromatic heterocycles. The van der Waals surface area contributed by atoms with Crippen molar-refractivity contribution >= 4 is 49.6 Å². The molecule has 0 aliphatic carbocycles. The quantitative estimate of drug-likeness (QED) is 0.231. The molecule has 0 aromatic carbocycles. The maximum atomic E-state index is 11.7. The van der Waals surface area contributed by atoms with Crippen molar-refractivity contribution in [3.05, 3.63) is 27.4 Å². The molecule has 10 nitrogen and oxygen atoms in total. The van der Waals surface area contributed by atoms with Gasteiger partial charge in [-0.2, -0.15) is 0 Å². The second-order valence-corrected chi connectivity index (χ2v) is 6.03. The van der Waals surface area contributed by atoms with Crippen LogP contribution >= 0.6 is 20.0 Å². The van der Waals surface area contributed by atoms with E-state index in [1.54, 1.807) is 0 Å². The standard InChI is InChI=1S/C9H13N2O8PS.Na.H/c12-6-4(3-18-20(15,16)17)19-8(7(6)13)11-2-1-5(21)10-9(11)14;;/h1-2,4,6-8,12-13H,3H2,(H,10,14,21)(H2,15,16,17);;/t4-,6?,7?,8-;;/m0../s1. The Morgan fingerprint density at radius 1 is 1.41 bits per heavy atom. The van der Waals surface area contributed by atoms with Crippen LogP contribution in [0.2, 0.25) is 0 Å². The van der Waals surface area contributed by atoms with E-state index in [2.05, 4.69) is 9.51 Å². The molecule has 1 aromatic rings. The van der Waals surface area contributed by atoms with E-state index in [1.807, 2.05) is 0 Å². The fraction of sp³-hybridized carbons (Fsp3) is 0.556. The van der Waals surface area contributed by atoms with E-state index in [0.717, 1.165) is 4.57 Å². The van der Waals surface area contributed by atoms with E-state index < -0.39 is 44.7 Å². The summed E-state index contributed by atoms with van der Waals surface area (Å²) >= 11 is 4.76. The van der Waals surface area contributed by atoms with Crippen molar-refractivity contribution in [2.75, 3.05) is 6.61 Å². The number of aliphatic hydroxyl groups excluding tert-OH is 2. The van der Waals surface area contributed by atoms with Gasteiger partial charge in [0.2, 0.25) is 0 Å². The van der Waals surface area contributed by atoms with Crippen LogP contribution in [-0.4, -0.2) is 84.0 Å². The number of aromatic nitrogens is 2. The molecule has 1 fully saturated rings. The Hall–Kier alpha value is 0.0900. The van der Waals surface area contributed by atoms with Gasteiger partial charge >= 0.3 is 43.1 Å². The summed E-state index contributed by atoms with van der Waals surface area (Å²) in [6, 6.07) is 1.39. The molecule has 0 saturated carbocycles. The number of aromatic amines is 1. The predicted molar refractivity (Wildman–Crippen MR) is 77.0 cm³/mol. The minimum atomic E-state index is -4.73. The van der Waals surface area contributed by atoms with E-state index in [-0.39, 0.29) is 34.2 Å². The Labute approximate surface area is 151 Å². The van der Waals surface area contributed by atoms with E-state index in [1.165, 1.54) is 12.3 Å². The molecule has 4 atom stereocenters. The van der Waals surface area contributed by atoms with Gasteiger partial charge in [-0.15, -0.1) is 0 Å². The van der Waals surface area contributed by atoms with E-state index in [9.17, 15) is 19.6 Å². The molecule has 120 valence electrons. The summed E-state index contributed by atoms with van der Waals surface area (Å²) in [5.74, 6) is 0. The van der Waals surface area contributed by atoms with Crippen molar-refractivity contribution in [2.45, 2.75) is 24.5 Å². The first-order valence-electron chi connectivity index (χ1n) is 5.72. The summed E-state index contributed by atoms with van der Waals surface area (Å²) in [5.41, 5.74) is -0.657. The third kappa shape index (κ3) is 4.79. The summed E-state index contributed by atoms with van der Waals surface area (Å²) in [7, 11) is -4.73. The van der Waals surface area contributed by atoms with Gasteiger partial charge in [-0.25, -0.2) is 9.36 Å². The normalized spacial score (nSPS) is 28.4. The fourth-order valence-corrected chi connectivity index (χ4v) is 2.38. The van der Waals surface area contributed by atoms with Crippen molar-refractivity contribution in [1.29, 1.82) is 0 Å². The van der Waals surface area contributed by atoms with Crippen molar-refractivity contribution < 1.29 is 33.8 Å². The summed E-state index contributed by atoms with van der Waals surface area (Å²) in [4.78, 5) is 31.2. The molecule has 0 bridgehead atoms. The monoisotopic (exact) mass is 364 g/mol. The summed E-state index contributed by atoms with van der Waals surface area (Å²) in [6.07, 6.45) is -4.11. The van der Waals surface area contributed by atoms with Gasteiger partial charge in [0, 0.05) is 6.20 Å². The predicted octanol–water partition coefficient (Wildman–Crippen LogP) is -2.01. The first kappa shape index (κ1) is 20.1. The first-order chi connectivity index (χ1) is 9.69. The van der Waals surface area contributed by atoms with Gasteiger partial charge in [0.15, 0.2) is 6.23 Å². The molecule has 1 aliphatic rings. The molecule has 13 heteroatoms. The van der Waals surface area contributed by atoms with Gasteiger partial charge < -0.3 is 24.7 Å². The Bertz CT molecular complexity index is 674. The number of H-pyrrole nitrogens is 1. The molecular formula is C9H14N2NaO8PS. The van der Waals surface area contributed by atoms with Crippen molar-refractivity contribution in [3.8, 4) is 0 Å². The van der Waals surface area contributed by atoms with E-state index in [4.69, 9.17) is 26.7 Å². The Kier molecular flexibility index (Phi) is 7.12. The molecule has 0 spiro atoms. The minimum absolute atomic E-state index is 0. The van der Waals surface area contributed by atoms with Crippen LogP contribution in [0.3, 0.4) is 0 Å². The molecule has 5 N–H and O–H groups in total. The number of aliphatic hydroxyl groups is 2. The van der Waals surface area contributed by atoms with Crippen molar-refractivity contribution in [3.63, 3.8) is 0 Å². The molecule has 22 heavy (non-hydrogen) atoms. The number of nitrogens with one attached hydrogen (secondary N) is 1. The maximum absolute atomic E-state index is 11.7. The molecule has 2 heterocycles. The average molecular weight is 364 g/mol. The molecule has 2 rings (SSSR count). The number of nitrogens with zero attached hydrogens (tertiary/aromatic N) is 1. The zero-order valence-electron chi connectivity index (χ0n) is 10.4. The van der Waals surface area contributed by atoms with Crippen molar-refractivity contribution in [2.24, 2.45) is 0 Å². The summed E-state index contributed by atoms with van der Waals surface area (Å²) in [5, 5.41) is 19.7. The number of rotatable bonds is 4. The van der Waals surface area contributed by atoms with Crippen molar-refractivity contribution in [1.82, 2.24) is 9.55 Å². The number of phosphoric ester groups is 1. The van der Waals surface area contributed by atoms with Crippen LogP contribution in [0.4, 0.5) is 0 Å². The third-order valence-corrected chi connectivity index (χ3v) is 3.59. The van der Waals surface area contributed by atoms with Crippen LogP contribution in [0, 0.1) is 4.64 Å². The van der Waals surface area contributed by atoms with Crippen LogP contribution in [0.1, 0.15) is 6.23 Å². The number of ether oxygens (including phenoxy) is 1. The molecule has 1 saturated heterocycles. The van der Waals surface area contributed by atoms with Gasteiger partial charge in [-0.1, -0.05) is 12.2 Å². The van der Waals surface area contributed by atoms with Crippen LogP contribution in [0.5, 0.6) is 0 Å². The SMILES string of the molecule is O=c1[nH]c(=S)ccn1[C@H]1O[C@@H](COP(=O)(O)O)C(O)C1O.[NaH]. The topological polar surface area (TPSA) is 154 Å².